The van der Waals surface area contributed by atoms with Crippen LogP contribution in [-0.2, 0) is 6.42 Å². The summed E-state index contributed by atoms with van der Waals surface area (Å²) in [5, 5.41) is 5.11. The van der Waals surface area contributed by atoms with E-state index in [4.69, 9.17) is 4.74 Å². The van der Waals surface area contributed by atoms with E-state index in [1.807, 2.05) is 24.7 Å². The Labute approximate surface area is 206 Å². The summed E-state index contributed by atoms with van der Waals surface area (Å²) in [6.07, 6.45) is 10.5. The third-order valence-electron chi connectivity index (χ3n) is 6.35. The Hall–Kier alpha value is -2.72. The number of hydrogen-bond donors (Lipinski definition) is 0. The van der Waals surface area contributed by atoms with Crippen molar-refractivity contribution >= 4 is 34.0 Å². The van der Waals surface area contributed by atoms with Crippen molar-refractivity contribution in [3.63, 3.8) is 0 Å². The fourth-order valence-corrected chi connectivity index (χ4v) is 5.45. The van der Waals surface area contributed by atoms with E-state index in [-0.39, 0.29) is 11.9 Å². The van der Waals surface area contributed by atoms with Gasteiger partial charge in [0, 0.05) is 35.9 Å². The highest BCUT2D eigenvalue weighted by molar-refractivity contribution is 7.98. The van der Waals surface area contributed by atoms with Crippen molar-refractivity contribution in [1.82, 2.24) is 24.6 Å². The van der Waals surface area contributed by atoms with Crippen LogP contribution in [0.3, 0.4) is 0 Å². The third-order valence-corrected chi connectivity index (χ3v) is 7.89. The number of imidazole rings is 1. The molecule has 4 heterocycles. The van der Waals surface area contributed by atoms with Gasteiger partial charge < -0.3 is 9.64 Å². The fraction of sp³-hybridized carbons (Fsp3) is 0.417. The maximum atomic E-state index is 14.5. The van der Waals surface area contributed by atoms with Crippen molar-refractivity contribution in [2.45, 2.75) is 44.1 Å². The number of fused-ring (bicyclic) bond motifs is 1. The fourth-order valence-electron chi connectivity index (χ4n) is 4.21. The average molecular weight is 499 g/mol. The monoisotopic (exact) mass is 498 g/mol. The van der Waals surface area contributed by atoms with E-state index < -0.39 is 0 Å². The van der Waals surface area contributed by atoms with Crippen LogP contribution in [0.5, 0.6) is 5.19 Å². The van der Waals surface area contributed by atoms with Crippen LogP contribution in [0.15, 0.2) is 41.7 Å². The zero-order valence-electron chi connectivity index (χ0n) is 19.4. The number of aromatic nitrogens is 5. The van der Waals surface area contributed by atoms with E-state index in [0.717, 1.165) is 48.8 Å². The Morgan fingerprint density at radius 3 is 2.65 bits per heavy atom. The summed E-state index contributed by atoms with van der Waals surface area (Å²) < 4.78 is 22.3. The Balaban J connectivity index is 1.20. The number of rotatable bonds is 7. The van der Waals surface area contributed by atoms with E-state index >= 15 is 0 Å². The van der Waals surface area contributed by atoms with Crippen LogP contribution in [0.1, 0.15) is 32.3 Å². The van der Waals surface area contributed by atoms with E-state index in [1.54, 1.807) is 16.8 Å². The minimum Gasteiger partial charge on any atom is -0.466 e. The van der Waals surface area contributed by atoms with E-state index in [9.17, 15) is 4.39 Å². The molecule has 7 nitrogen and oxygen atoms in total. The van der Waals surface area contributed by atoms with Crippen LogP contribution in [0.4, 0.5) is 10.3 Å². The molecule has 0 N–H and O–H groups in total. The number of hydrogen-bond acceptors (Lipinski definition) is 8. The number of anilines is 1. The van der Waals surface area contributed by atoms with Gasteiger partial charge in [0.05, 0.1) is 11.9 Å². The number of nitrogens with zero attached hydrogens (tertiary/aromatic N) is 6. The van der Waals surface area contributed by atoms with Gasteiger partial charge in [0.15, 0.2) is 0 Å². The van der Waals surface area contributed by atoms with Crippen LogP contribution >= 0.6 is 23.1 Å². The Bertz CT molecular complexity index is 1230. The van der Waals surface area contributed by atoms with Crippen molar-refractivity contribution in [3.8, 4) is 16.5 Å². The van der Waals surface area contributed by atoms with Crippen LogP contribution in [0.25, 0.3) is 16.2 Å². The molecular weight excluding hydrogens is 471 g/mol. The molecule has 5 rings (SSSR count). The number of halogens is 1. The van der Waals surface area contributed by atoms with E-state index in [2.05, 4.69) is 38.8 Å². The standard InChI is InChI=1S/C24H27FN6OS2/c1-4-16-12-26-22(27-13-16)30-9-7-17(8-10-30)15(2)32-24-29-31-14-21(28-23(31)34-24)19-6-5-18(33-3)11-20(19)25/h5-6,11-15,17H,4,7-10H2,1-3H3. The summed E-state index contributed by atoms with van der Waals surface area (Å²) in [5.41, 5.74) is 2.21. The second-order valence-corrected chi connectivity index (χ2v) is 10.3. The van der Waals surface area contributed by atoms with Gasteiger partial charge in [-0.1, -0.05) is 6.92 Å². The molecule has 1 aromatic carbocycles. The zero-order valence-corrected chi connectivity index (χ0v) is 21.1. The summed E-state index contributed by atoms with van der Waals surface area (Å²) in [4.78, 5) is 17.4. The maximum Gasteiger partial charge on any atom is 0.294 e. The summed E-state index contributed by atoms with van der Waals surface area (Å²) >= 11 is 2.89. The molecule has 1 aliphatic rings. The number of piperidine rings is 1. The van der Waals surface area contributed by atoms with Gasteiger partial charge in [-0.05, 0) is 73.5 Å². The highest BCUT2D eigenvalue weighted by atomic mass is 32.2. The summed E-state index contributed by atoms with van der Waals surface area (Å²) in [7, 11) is 0. The van der Waals surface area contributed by atoms with E-state index in [1.165, 1.54) is 29.2 Å². The Morgan fingerprint density at radius 2 is 2.00 bits per heavy atom. The van der Waals surface area contributed by atoms with Crippen molar-refractivity contribution in [2.75, 3.05) is 24.2 Å². The SMILES string of the molecule is CCc1cnc(N2CCC(C(C)Oc3nn4cc(-c5ccc(SC)cc5F)nc4s3)CC2)nc1. The Kier molecular flexibility index (Phi) is 6.69. The molecule has 34 heavy (non-hydrogen) atoms. The first-order valence-electron chi connectivity index (χ1n) is 11.5. The molecule has 0 saturated carbocycles. The molecule has 0 aliphatic carbocycles. The Morgan fingerprint density at radius 1 is 1.24 bits per heavy atom. The average Bonchev–Trinajstić information content (AvgIpc) is 3.42. The van der Waals surface area contributed by atoms with Crippen LogP contribution in [0.2, 0.25) is 0 Å². The van der Waals surface area contributed by atoms with Crippen molar-refractivity contribution < 1.29 is 9.13 Å². The van der Waals surface area contributed by atoms with Gasteiger partial charge in [0.25, 0.3) is 5.19 Å². The lowest BCUT2D eigenvalue weighted by Gasteiger charge is -2.34. The molecule has 1 aliphatic heterocycles. The molecule has 0 bridgehead atoms. The molecule has 1 fully saturated rings. The van der Waals surface area contributed by atoms with Gasteiger partial charge in [0.2, 0.25) is 10.9 Å². The molecule has 1 atom stereocenters. The largest absolute Gasteiger partial charge is 0.466 e. The first-order chi connectivity index (χ1) is 16.5. The van der Waals surface area contributed by atoms with Gasteiger partial charge in [-0.3, -0.25) is 0 Å². The highest BCUT2D eigenvalue weighted by Gasteiger charge is 2.27. The topological polar surface area (TPSA) is 68.4 Å². The van der Waals surface area contributed by atoms with Gasteiger partial charge >= 0.3 is 0 Å². The number of ether oxygens (including phenoxy) is 1. The number of benzene rings is 1. The third kappa shape index (κ3) is 4.74. The number of aryl methyl sites for hydroxylation is 1. The maximum absolute atomic E-state index is 14.5. The first-order valence-corrected chi connectivity index (χ1v) is 13.5. The molecule has 10 heteroatoms. The molecule has 1 unspecified atom stereocenters. The van der Waals surface area contributed by atoms with Crippen molar-refractivity contribution in [1.29, 1.82) is 0 Å². The summed E-state index contributed by atoms with van der Waals surface area (Å²) in [6, 6.07) is 5.20. The first kappa shape index (κ1) is 23.0. The predicted octanol–water partition coefficient (Wildman–Crippen LogP) is 5.36. The van der Waals surface area contributed by atoms with E-state index in [0.29, 0.717) is 27.3 Å². The lowest BCUT2D eigenvalue weighted by atomic mass is 9.92. The number of thioether (sulfide) groups is 1. The molecule has 0 radical (unpaired) electrons. The van der Waals surface area contributed by atoms with Crippen LogP contribution in [0, 0.1) is 11.7 Å². The lowest BCUT2D eigenvalue weighted by Crippen LogP contribution is -2.39. The van der Waals surface area contributed by atoms with Crippen molar-refractivity contribution in [3.05, 3.63) is 48.2 Å². The molecule has 1 saturated heterocycles. The molecule has 3 aromatic heterocycles. The minimum atomic E-state index is -0.277. The molecular formula is C24H27FN6OS2. The van der Waals surface area contributed by atoms with Crippen LogP contribution in [-0.4, -0.2) is 50.0 Å². The van der Waals surface area contributed by atoms with Gasteiger partial charge in [-0.2, -0.15) is 0 Å². The molecule has 0 spiro atoms. The van der Waals surface area contributed by atoms with Crippen molar-refractivity contribution in [2.24, 2.45) is 5.92 Å². The zero-order chi connectivity index (χ0) is 23.7. The molecule has 0 amide bonds. The van der Waals surface area contributed by atoms with Gasteiger partial charge in [-0.15, -0.1) is 16.9 Å². The van der Waals surface area contributed by atoms with Gasteiger partial charge in [-0.25, -0.2) is 23.9 Å². The van der Waals surface area contributed by atoms with Gasteiger partial charge in [0.1, 0.15) is 11.9 Å². The normalized spacial score (nSPS) is 15.7. The second kappa shape index (κ2) is 9.87. The smallest absolute Gasteiger partial charge is 0.294 e. The minimum absolute atomic E-state index is 0.0393. The summed E-state index contributed by atoms with van der Waals surface area (Å²) in [5.74, 6) is 0.962. The van der Waals surface area contributed by atoms with Crippen LogP contribution < -0.4 is 9.64 Å². The highest BCUT2D eigenvalue weighted by Crippen LogP contribution is 2.31. The molecule has 178 valence electrons. The molecule has 4 aromatic rings. The quantitative estimate of drug-likeness (QED) is 0.318. The second-order valence-electron chi connectivity index (χ2n) is 8.46. The lowest BCUT2D eigenvalue weighted by molar-refractivity contribution is 0.131. The summed E-state index contributed by atoms with van der Waals surface area (Å²) in [6.45, 7) is 6.03. The predicted molar refractivity (Wildman–Crippen MR) is 134 cm³/mol.